The maximum absolute atomic E-state index is 11.4. The molecule has 2 aromatic carbocycles. The summed E-state index contributed by atoms with van der Waals surface area (Å²) < 4.78 is 0. The number of carbonyl (C=O) groups excluding carboxylic acids is 1. The summed E-state index contributed by atoms with van der Waals surface area (Å²) in [5.74, 6) is -0.0485. The maximum Gasteiger partial charge on any atom is 0.176 e. The van der Waals surface area contributed by atoms with Gasteiger partial charge in [-0.15, -0.1) is 0 Å². The molecule has 2 aromatic rings. The fourth-order valence-electron chi connectivity index (χ4n) is 1.61. The van der Waals surface area contributed by atoms with Gasteiger partial charge in [-0.05, 0) is 23.3 Å². The van der Waals surface area contributed by atoms with Crippen LogP contribution in [0.3, 0.4) is 0 Å². The summed E-state index contributed by atoms with van der Waals surface area (Å²) >= 11 is 5.83. The number of carbonyl (C=O) groups is 1. The van der Waals surface area contributed by atoms with E-state index in [4.69, 9.17) is 17.3 Å². The van der Waals surface area contributed by atoms with Crippen molar-refractivity contribution in [3.63, 3.8) is 0 Å². The number of halogens is 1. The maximum atomic E-state index is 11.4. The van der Waals surface area contributed by atoms with Crippen LogP contribution in [0.1, 0.15) is 10.4 Å². The number of hydrogen-bond donors (Lipinski definition) is 1. The molecule has 0 unspecified atom stereocenters. The first-order chi connectivity index (χ1) is 8.20. The summed E-state index contributed by atoms with van der Waals surface area (Å²) in [5.41, 5.74) is 8.07. The predicted molar refractivity (Wildman–Crippen MR) is 70.3 cm³/mol. The highest BCUT2D eigenvalue weighted by atomic mass is 35.5. The molecule has 0 atom stereocenters. The van der Waals surface area contributed by atoms with Gasteiger partial charge in [0.2, 0.25) is 0 Å². The Morgan fingerprint density at radius 3 is 1.88 bits per heavy atom. The van der Waals surface area contributed by atoms with Gasteiger partial charge in [0.05, 0.1) is 6.54 Å². The standard InChI is InChI=1S/C14H12ClNO/c15-13-7-5-11(6-8-13)10-1-3-12(4-2-10)14(17)9-16/h1-8H,9,16H2. The minimum Gasteiger partial charge on any atom is -0.324 e. The van der Waals surface area contributed by atoms with E-state index in [1.807, 2.05) is 36.4 Å². The molecule has 0 saturated heterocycles. The largest absolute Gasteiger partial charge is 0.324 e. The van der Waals surface area contributed by atoms with Gasteiger partial charge in [-0.1, -0.05) is 48.0 Å². The van der Waals surface area contributed by atoms with Gasteiger partial charge in [-0.3, -0.25) is 4.79 Å². The minimum atomic E-state index is -0.0485. The molecular formula is C14H12ClNO. The summed E-state index contributed by atoms with van der Waals surface area (Å²) in [6.07, 6.45) is 0. The molecule has 0 amide bonds. The van der Waals surface area contributed by atoms with Crippen LogP contribution in [0.5, 0.6) is 0 Å². The van der Waals surface area contributed by atoms with E-state index in [-0.39, 0.29) is 12.3 Å². The summed E-state index contributed by atoms with van der Waals surface area (Å²) in [5, 5.41) is 0.712. The highest BCUT2D eigenvalue weighted by Gasteiger charge is 2.03. The van der Waals surface area contributed by atoms with Crippen molar-refractivity contribution in [2.45, 2.75) is 0 Å². The Balaban J connectivity index is 2.29. The van der Waals surface area contributed by atoms with Crippen molar-refractivity contribution < 1.29 is 4.79 Å². The highest BCUT2D eigenvalue weighted by Crippen LogP contribution is 2.21. The van der Waals surface area contributed by atoms with Crippen LogP contribution in [0, 0.1) is 0 Å². The molecule has 0 aliphatic carbocycles. The first-order valence-corrected chi connectivity index (χ1v) is 5.68. The third kappa shape index (κ3) is 2.73. The van der Waals surface area contributed by atoms with Crippen molar-refractivity contribution in [1.29, 1.82) is 0 Å². The average molecular weight is 246 g/mol. The smallest absolute Gasteiger partial charge is 0.176 e. The lowest BCUT2D eigenvalue weighted by atomic mass is 10.0. The first kappa shape index (κ1) is 11.8. The summed E-state index contributed by atoms with van der Waals surface area (Å²) in [6, 6.07) is 15.0. The summed E-state index contributed by atoms with van der Waals surface area (Å²) in [6.45, 7) is 0.0420. The van der Waals surface area contributed by atoms with E-state index in [1.54, 1.807) is 12.1 Å². The molecule has 0 aliphatic rings. The third-order valence-electron chi connectivity index (χ3n) is 2.57. The number of benzene rings is 2. The number of Topliss-reactive ketones (excluding diaryl/α,β-unsaturated/α-hetero) is 1. The molecule has 86 valence electrons. The molecule has 0 radical (unpaired) electrons. The Hall–Kier alpha value is -1.64. The zero-order valence-corrected chi connectivity index (χ0v) is 9.95. The van der Waals surface area contributed by atoms with Gasteiger partial charge in [0, 0.05) is 10.6 Å². The molecule has 2 nitrogen and oxygen atoms in total. The topological polar surface area (TPSA) is 43.1 Å². The lowest BCUT2D eigenvalue weighted by Crippen LogP contribution is -2.13. The van der Waals surface area contributed by atoms with Crippen LogP contribution < -0.4 is 5.73 Å². The number of ketones is 1. The molecule has 0 bridgehead atoms. The van der Waals surface area contributed by atoms with Crippen molar-refractivity contribution in [3.05, 3.63) is 59.1 Å². The fraction of sp³-hybridized carbons (Fsp3) is 0.0714. The van der Waals surface area contributed by atoms with Crippen LogP contribution in [-0.4, -0.2) is 12.3 Å². The van der Waals surface area contributed by atoms with Gasteiger partial charge in [0.1, 0.15) is 0 Å². The van der Waals surface area contributed by atoms with E-state index in [2.05, 4.69) is 0 Å². The van der Waals surface area contributed by atoms with Gasteiger partial charge < -0.3 is 5.73 Å². The molecule has 0 saturated carbocycles. The van der Waals surface area contributed by atoms with Gasteiger partial charge >= 0.3 is 0 Å². The Morgan fingerprint density at radius 1 is 0.941 bits per heavy atom. The van der Waals surface area contributed by atoms with E-state index in [9.17, 15) is 4.79 Å². The second kappa shape index (κ2) is 5.13. The highest BCUT2D eigenvalue weighted by molar-refractivity contribution is 6.30. The second-order valence-electron chi connectivity index (χ2n) is 3.71. The van der Waals surface area contributed by atoms with Crippen LogP contribution in [0.15, 0.2) is 48.5 Å². The molecule has 3 heteroatoms. The molecule has 2 rings (SSSR count). The average Bonchev–Trinajstić information content (AvgIpc) is 2.39. The number of rotatable bonds is 3. The monoisotopic (exact) mass is 245 g/mol. The molecular weight excluding hydrogens is 234 g/mol. The molecule has 0 aromatic heterocycles. The quantitative estimate of drug-likeness (QED) is 0.845. The van der Waals surface area contributed by atoms with E-state index in [1.165, 1.54) is 0 Å². The molecule has 0 fully saturated rings. The number of nitrogens with two attached hydrogens (primary N) is 1. The Labute approximate surface area is 105 Å². The van der Waals surface area contributed by atoms with Crippen LogP contribution in [0.25, 0.3) is 11.1 Å². The molecule has 0 spiro atoms. The molecule has 0 aliphatic heterocycles. The lowest BCUT2D eigenvalue weighted by Gasteiger charge is -2.03. The fourth-order valence-corrected chi connectivity index (χ4v) is 1.73. The summed E-state index contributed by atoms with van der Waals surface area (Å²) in [4.78, 5) is 11.4. The lowest BCUT2D eigenvalue weighted by molar-refractivity contribution is 0.100. The van der Waals surface area contributed by atoms with E-state index in [0.717, 1.165) is 11.1 Å². The van der Waals surface area contributed by atoms with Gasteiger partial charge in [0.25, 0.3) is 0 Å². The van der Waals surface area contributed by atoms with E-state index in [0.29, 0.717) is 10.6 Å². The van der Waals surface area contributed by atoms with E-state index < -0.39 is 0 Å². The zero-order valence-electron chi connectivity index (χ0n) is 9.19. The van der Waals surface area contributed by atoms with Crippen LogP contribution in [0.4, 0.5) is 0 Å². The van der Waals surface area contributed by atoms with Crippen LogP contribution in [0.2, 0.25) is 5.02 Å². The molecule has 2 N–H and O–H groups in total. The van der Waals surface area contributed by atoms with E-state index >= 15 is 0 Å². The van der Waals surface area contributed by atoms with Gasteiger partial charge in [-0.2, -0.15) is 0 Å². The predicted octanol–water partition coefficient (Wildman–Crippen LogP) is 3.15. The SMILES string of the molecule is NCC(=O)c1ccc(-c2ccc(Cl)cc2)cc1. The van der Waals surface area contributed by atoms with Crippen molar-refractivity contribution in [3.8, 4) is 11.1 Å². The number of hydrogen-bond acceptors (Lipinski definition) is 2. The second-order valence-corrected chi connectivity index (χ2v) is 4.15. The molecule has 0 heterocycles. The Kier molecular flexibility index (Phi) is 3.57. The van der Waals surface area contributed by atoms with Crippen molar-refractivity contribution in [2.75, 3.05) is 6.54 Å². The van der Waals surface area contributed by atoms with Crippen molar-refractivity contribution >= 4 is 17.4 Å². The van der Waals surface area contributed by atoms with Crippen LogP contribution in [-0.2, 0) is 0 Å². The van der Waals surface area contributed by atoms with Crippen molar-refractivity contribution in [2.24, 2.45) is 5.73 Å². The van der Waals surface area contributed by atoms with Gasteiger partial charge in [0.15, 0.2) is 5.78 Å². The third-order valence-corrected chi connectivity index (χ3v) is 2.82. The zero-order chi connectivity index (χ0) is 12.3. The normalized spacial score (nSPS) is 10.2. The Morgan fingerprint density at radius 2 is 1.41 bits per heavy atom. The minimum absolute atomic E-state index is 0.0420. The van der Waals surface area contributed by atoms with Crippen LogP contribution >= 0.6 is 11.6 Å². The van der Waals surface area contributed by atoms with Crippen molar-refractivity contribution in [1.82, 2.24) is 0 Å². The van der Waals surface area contributed by atoms with Gasteiger partial charge in [-0.25, -0.2) is 0 Å². The Bertz CT molecular complexity index is 517. The molecule has 17 heavy (non-hydrogen) atoms. The summed E-state index contributed by atoms with van der Waals surface area (Å²) in [7, 11) is 0. The first-order valence-electron chi connectivity index (χ1n) is 5.30.